The van der Waals surface area contributed by atoms with Crippen LogP contribution in [0.4, 0.5) is 8.78 Å². The number of alkyl halides is 2. The second-order valence-electron chi connectivity index (χ2n) is 8.27. The summed E-state index contributed by atoms with van der Waals surface area (Å²) in [6, 6.07) is 27.4. The lowest BCUT2D eigenvalue weighted by Crippen LogP contribution is -2.52. The first kappa shape index (κ1) is 26.9. The molecule has 0 fully saturated rings. The highest BCUT2D eigenvalue weighted by Gasteiger charge is 2.51. The van der Waals surface area contributed by atoms with E-state index in [0.29, 0.717) is 5.56 Å². The van der Waals surface area contributed by atoms with Crippen LogP contribution in [0, 0.1) is 5.92 Å². The molecule has 0 aliphatic carbocycles. The van der Waals surface area contributed by atoms with Gasteiger partial charge in [0.2, 0.25) is 0 Å². The van der Waals surface area contributed by atoms with Crippen molar-refractivity contribution in [2.75, 3.05) is 19.8 Å². The van der Waals surface area contributed by atoms with Crippen molar-refractivity contribution in [3.05, 3.63) is 108 Å². The molecule has 0 spiro atoms. The molecule has 3 aromatic carbocycles. The van der Waals surface area contributed by atoms with Crippen LogP contribution in [0.5, 0.6) is 0 Å². The summed E-state index contributed by atoms with van der Waals surface area (Å²) in [5.74, 6) is -5.25. The topological polar surface area (TPSA) is 68.2 Å². The Morgan fingerprint density at radius 2 is 1.09 bits per heavy atom. The number of ether oxygens (including phenoxy) is 3. The molecule has 2 N–H and O–H groups in total. The van der Waals surface area contributed by atoms with Crippen LogP contribution in [0.15, 0.2) is 91.0 Å². The Morgan fingerprint density at radius 3 is 1.54 bits per heavy atom. The zero-order chi connectivity index (χ0) is 24.9. The average Bonchev–Trinajstić information content (AvgIpc) is 2.89. The van der Waals surface area contributed by atoms with Crippen molar-refractivity contribution < 1.29 is 33.2 Å². The van der Waals surface area contributed by atoms with Gasteiger partial charge in [0.05, 0.1) is 51.7 Å². The molecule has 0 amide bonds. The Hall–Kier alpha value is -2.68. The number of benzene rings is 3. The summed E-state index contributed by atoms with van der Waals surface area (Å²) in [6.45, 7) is -1.76. The van der Waals surface area contributed by atoms with Gasteiger partial charge in [0.15, 0.2) is 0 Å². The van der Waals surface area contributed by atoms with E-state index in [0.717, 1.165) is 11.1 Å². The molecule has 0 aromatic heterocycles. The molecule has 3 rings (SSSR count). The third-order valence-electron chi connectivity index (χ3n) is 5.73. The fourth-order valence-electron chi connectivity index (χ4n) is 3.71. The maximum absolute atomic E-state index is 15.6. The molecule has 0 radical (unpaired) electrons. The van der Waals surface area contributed by atoms with E-state index in [2.05, 4.69) is 0 Å². The lowest BCUT2D eigenvalue weighted by molar-refractivity contribution is -0.224. The van der Waals surface area contributed by atoms with Gasteiger partial charge in [0.1, 0.15) is 6.10 Å². The van der Waals surface area contributed by atoms with Crippen LogP contribution >= 0.6 is 0 Å². The molecule has 0 saturated carbocycles. The predicted octanol–water partition coefficient (Wildman–Crippen LogP) is 4.61. The highest BCUT2D eigenvalue weighted by Crippen LogP contribution is 2.35. The number of aliphatic hydroxyl groups is 2. The van der Waals surface area contributed by atoms with E-state index in [4.69, 9.17) is 14.2 Å². The van der Waals surface area contributed by atoms with Crippen LogP contribution in [-0.4, -0.2) is 48.2 Å². The molecule has 5 nitrogen and oxygen atoms in total. The van der Waals surface area contributed by atoms with Crippen LogP contribution < -0.4 is 0 Å². The molecule has 0 bridgehead atoms. The molecule has 0 saturated heterocycles. The van der Waals surface area contributed by atoms with E-state index >= 15 is 8.78 Å². The lowest BCUT2D eigenvalue weighted by atomic mass is 9.91. The van der Waals surface area contributed by atoms with Crippen molar-refractivity contribution in [1.82, 2.24) is 0 Å². The van der Waals surface area contributed by atoms with Crippen LogP contribution in [0.1, 0.15) is 16.7 Å². The SMILES string of the molecule is OC[C@H]([C@@H](COCc1ccccc1)OCc1ccccc1)C(F)(F)[C@@H](CO)OCc1ccccc1. The summed E-state index contributed by atoms with van der Waals surface area (Å²) in [6.07, 6.45) is -2.97. The molecule has 0 unspecified atom stereocenters. The first-order valence-corrected chi connectivity index (χ1v) is 11.6. The summed E-state index contributed by atoms with van der Waals surface area (Å²) in [5, 5.41) is 19.8. The van der Waals surface area contributed by atoms with Gasteiger partial charge in [-0.2, -0.15) is 0 Å². The standard InChI is InChI=1S/C28H32F2O5/c29-28(30,27(17-32)35-20-24-14-8-3-9-15-24)25(16-31)26(34-19-23-12-6-2-7-13-23)21-33-18-22-10-4-1-5-11-22/h1-15,25-27,31-32H,16-21H2/t25-,26-,27-/m1/s1. The molecular weight excluding hydrogens is 454 g/mol. The largest absolute Gasteiger partial charge is 0.396 e. The zero-order valence-electron chi connectivity index (χ0n) is 19.5. The molecule has 0 aliphatic rings. The van der Waals surface area contributed by atoms with Crippen molar-refractivity contribution >= 4 is 0 Å². The van der Waals surface area contributed by atoms with Crippen LogP contribution in [0.2, 0.25) is 0 Å². The minimum Gasteiger partial charge on any atom is -0.396 e. The molecule has 188 valence electrons. The second-order valence-corrected chi connectivity index (χ2v) is 8.27. The highest BCUT2D eigenvalue weighted by atomic mass is 19.3. The van der Waals surface area contributed by atoms with E-state index < -0.39 is 37.3 Å². The van der Waals surface area contributed by atoms with Crippen molar-refractivity contribution in [3.8, 4) is 0 Å². The van der Waals surface area contributed by atoms with Gasteiger partial charge in [-0.05, 0) is 16.7 Å². The van der Waals surface area contributed by atoms with E-state index in [-0.39, 0.29) is 26.4 Å². The summed E-state index contributed by atoms with van der Waals surface area (Å²) in [7, 11) is 0. The highest BCUT2D eigenvalue weighted by molar-refractivity contribution is 5.15. The number of hydrogen-bond acceptors (Lipinski definition) is 5. The Labute approximate surface area is 204 Å². The molecule has 0 heterocycles. The van der Waals surface area contributed by atoms with Gasteiger partial charge in [-0.15, -0.1) is 0 Å². The smallest absolute Gasteiger partial charge is 0.283 e. The first-order valence-electron chi connectivity index (χ1n) is 11.6. The average molecular weight is 487 g/mol. The molecule has 35 heavy (non-hydrogen) atoms. The van der Waals surface area contributed by atoms with Gasteiger partial charge >= 0.3 is 0 Å². The summed E-state index contributed by atoms with van der Waals surface area (Å²) in [4.78, 5) is 0. The molecular formula is C28H32F2O5. The van der Waals surface area contributed by atoms with Gasteiger partial charge in [0.25, 0.3) is 5.92 Å². The summed E-state index contributed by atoms with van der Waals surface area (Å²) < 4.78 is 48.2. The maximum Gasteiger partial charge on any atom is 0.283 e. The fourth-order valence-corrected chi connectivity index (χ4v) is 3.71. The Bertz CT molecular complexity index is 957. The first-order chi connectivity index (χ1) is 17.0. The molecule has 7 heteroatoms. The summed E-state index contributed by atoms with van der Waals surface area (Å²) in [5.41, 5.74) is 2.39. The van der Waals surface area contributed by atoms with Gasteiger partial charge in [-0.3, -0.25) is 0 Å². The monoisotopic (exact) mass is 486 g/mol. The van der Waals surface area contributed by atoms with Crippen LogP contribution in [0.3, 0.4) is 0 Å². The van der Waals surface area contributed by atoms with Gasteiger partial charge in [0, 0.05) is 0 Å². The Morgan fingerprint density at radius 1 is 0.629 bits per heavy atom. The Balaban J connectivity index is 1.72. The lowest BCUT2D eigenvalue weighted by Gasteiger charge is -2.36. The number of aliphatic hydroxyl groups excluding tert-OH is 2. The summed E-state index contributed by atoms with van der Waals surface area (Å²) >= 11 is 0. The molecule has 3 atom stereocenters. The van der Waals surface area contributed by atoms with E-state index in [1.807, 2.05) is 66.7 Å². The minimum atomic E-state index is -3.59. The molecule has 3 aromatic rings. The Kier molecular flexibility index (Phi) is 10.8. The predicted molar refractivity (Wildman–Crippen MR) is 129 cm³/mol. The molecule has 0 aliphatic heterocycles. The van der Waals surface area contributed by atoms with Gasteiger partial charge in [-0.25, -0.2) is 8.78 Å². The van der Waals surface area contributed by atoms with Crippen molar-refractivity contribution in [2.24, 2.45) is 5.92 Å². The number of rotatable bonds is 15. The van der Waals surface area contributed by atoms with E-state index in [1.165, 1.54) is 0 Å². The zero-order valence-corrected chi connectivity index (χ0v) is 19.5. The number of hydrogen-bond donors (Lipinski definition) is 2. The van der Waals surface area contributed by atoms with Crippen molar-refractivity contribution in [2.45, 2.75) is 38.0 Å². The normalized spacial score (nSPS) is 14.4. The number of halogens is 2. The van der Waals surface area contributed by atoms with Crippen molar-refractivity contribution in [1.29, 1.82) is 0 Å². The second kappa shape index (κ2) is 14.0. The van der Waals surface area contributed by atoms with Crippen LogP contribution in [0.25, 0.3) is 0 Å². The third-order valence-corrected chi connectivity index (χ3v) is 5.73. The maximum atomic E-state index is 15.6. The van der Waals surface area contributed by atoms with Crippen molar-refractivity contribution in [3.63, 3.8) is 0 Å². The van der Waals surface area contributed by atoms with E-state index in [9.17, 15) is 10.2 Å². The van der Waals surface area contributed by atoms with Gasteiger partial charge in [-0.1, -0.05) is 91.0 Å². The van der Waals surface area contributed by atoms with Gasteiger partial charge < -0.3 is 24.4 Å². The minimum absolute atomic E-state index is 0.0709. The fraction of sp³-hybridized carbons (Fsp3) is 0.357. The van der Waals surface area contributed by atoms with E-state index in [1.54, 1.807) is 24.3 Å². The van der Waals surface area contributed by atoms with Crippen LogP contribution in [-0.2, 0) is 34.0 Å². The quantitative estimate of drug-likeness (QED) is 0.328. The third kappa shape index (κ3) is 8.19.